The second-order valence-corrected chi connectivity index (χ2v) is 7.72. The summed E-state index contributed by atoms with van der Waals surface area (Å²) in [6.45, 7) is 16.1. The Labute approximate surface area is 179 Å². The molecule has 0 saturated carbocycles. The quantitative estimate of drug-likeness (QED) is 0.502. The molecule has 1 atom stereocenters. The van der Waals surface area contributed by atoms with Gasteiger partial charge in [0.2, 0.25) is 5.91 Å². The van der Waals surface area contributed by atoms with Crippen LogP contribution in [0.3, 0.4) is 0 Å². The Kier molecular flexibility index (Phi) is 8.03. The van der Waals surface area contributed by atoms with Crippen molar-refractivity contribution in [1.29, 1.82) is 0 Å². The lowest BCUT2D eigenvalue weighted by molar-refractivity contribution is -0.116. The van der Waals surface area contributed by atoms with Gasteiger partial charge in [-0.05, 0) is 59.6 Å². The fourth-order valence-corrected chi connectivity index (χ4v) is 3.76. The smallest absolute Gasteiger partial charge is 0.340 e. The second-order valence-electron chi connectivity index (χ2n) is 7.72. The van der Waals surface area contributed by atoms with Gasteiger partial charge in [0, 0.05) is 48.4 Å². The molecule has 0 aliphatic heterocycles. The first-order chi connectivity index (χ1) is 14.2. The lowest BCUT2D eigenvalue weighted by atomic mass is 10.1. The number of carbonyl (C=O) groups is 2. The standard InChI is InChI=1S/C23H34N4O3/c1-8-26-18(6)20(22(19(26)7)23(29)30-9-2)10-11-21(28)24-13-15(3)14-27-17(5)12-16(4)25-27/h10-12,15H,8-9,13-14H2,1-7H3,(H,24,28)/b11-10+. The first kappa shape index (κ1) is 23.4. The SMILES string of the molecule is CCOC(=O)c1c(/C=C/C(=O)NCC(C)Cn2nc(C)cc2C)c(C)n(CC)c1C. The van der Waals surface area contributed by atoms with E-state index in [4.69, 9.17) is 4.74 Å². The van der Waals surface area contributed by atoms with Gasteiger partial charge >= 0.3 is 5.97 Å². The third-order valence-corrected chi connectivity index (χ3v) is 5.24. The van der Waals surface area contributed by atoms with Crippen molar-refractivity contribution in [3.63, 3.8) is 0 Å². The fraction of sp³-hybridized carbons (Fsp3) is 0.522. The molecule has 1 unspecified atom stereocenters. The van der Waals surface area contributed by atoms with Crippen molar-refractivity contribution in [3.8, 4) is 0 Å². The summed E-state index contributed by atoms with van der Waals surface area (Å²) in [4.78, 5) is 24.8. The lowest BCUT2D eigenvalue weighted by Crippen LogP contribution is -2.29. The van der Waals surface area contributed by atoms with E-state index >= 15 is 0 Å². The largest absolute Gasteiger partial charge is 0.462 e. The average molecular weight is 415 g/mol. The summed E-state index contributed by atoms with van der Waals surface area (Å²) < 4.78 is 9.24. The van der Waals surface area contributed by atoms with Gasteiger partial charge in [-0.25, -0.2) is 4.79 Å². The molecule has 0 saturated heterocycles. The van der Waals surface area contributed by atoms with E-state index in [-0.39, 0.29) is 17.8 Å². The number of hydrogen-bond donors (Lipinski definition) is 1. The Morgan fingerprint density at radius 1 is 1.20 bits per heavy atom. The lowest BCUT2D eigenvalue weighted by Gasteiger charge is -2.13. The zero-order chi connectivity index (χ0) is 22.4. The maximum atomic E-state index is 12.5. The number of ether oxygens (including phenoxy) is 1. The minimum atomic E-state index is -0.358. The predicted octanol–water partition coefficient (Wildman–Crippen LogP) is 3.58. The number of hydrogen-bond acceptors (Lipinski definition) is 4. The topological polar surface area (TPSA) is 78.2 Å². The van der Waals surface area contributed by atoms with E-state index in [0.717, 1.165) is 41.4 Å². The fourth-order valence-electron chi connectivity index (χ4n) is 3.76. The summed E-state index contributed by atoms with van der Waals surface area (Å²) in [6.07, 6.45) is 3.20. The minimum Gasteiger partial charge on any atom is -0.462 e. The molecule has 7 heteroatoms. The van der Waals surface area contributed by atoms with Crippen LogP contribution in [0.4, 0.5) is 0 Å². The highest BCUT2D eigenvalue weighted by Crippen LogP contribution is 2.25. The van der Waals surface area contributed by atoms with Crippen LogP contribution in [0.25, 0.3) is 6.08 Å². The van der Waals surface area contributed by atoms with Crippen LogP contribution in [-0.2, 0) is 22.6 Å². The van der Waals surface area contributed by atoms with Crippen LogP contribution in [0.5, 0.6) is 0 Å². The van der Waals surface area contributed by atoms with E-state index in [1.165, 1.54) is 6.08 Å². The van der Waals surface area contributed by atoms with Crippen molar-refractivity contribution in [2.24, 2.45) is 5.92 Å². The highest BCUT2D eigenvalue weighted by molar-refractivity contribution is 5.98. The molecular weight excluding hydrogens is 380 g/mol. The van der Waals surface area contributed by atoms with Crippen LogP contribution in [0.1, 0.15) is 59.5 Å². The van der Waals surface area contributed by atoms with E-state index in [0.29, 0.717) is 18.7 Å². The molecule has 7 nitrogen and oxygen atoms in total. The van der Waals surface area contributed by atoms with Gasteiger partial charge in [0.05, 0.1) is 17.9 Å². The van der Waals surface area contributed by atoms with Gasteiger partial charge in [0.1, 0.15) is 0 Å². The molecule has 2 heterocycles. The normalized spacial score (nSPS) is 12.4. The van der Waals surface area contributed by atoms with Gasteiger partial charge in [-0.3, -0.25) is 9.48 Å². The summed E-state index contributed by atoms with van der Waals surface area (Å²) in [7, 11) is 0. The highest BCUT2D eigenvalue weighted by atomic mass is 16.5. The van der Waals surface area contributed by atoms with Crippen molar-refractivity contribution in [1.82, 2.24) is 19.7 Å². The summed E-state index contributed by atoms with van der Waals surface area (Å²) in [5.41, 5.74) is 5.17. The number of nitrogens with one attached hydrogen (secondary N) is 1. The molecule has 2 aromatic rings. The molecule has 2 rings (SSSR count). The Morgan fingerprint density at radius 3 is 2.47 bits per heavy atom. The third kappa shape index (κ3) is 5.40. The Balaban J connectivity index is 2.06. The zero-order valence-electron chi connectivity index (χ0n) is 19.2. The van der Waals surface area contributed by atoms with Crippen molar-refractivity contribution >= 4 is 18.0 Å². The molecule has 0 spiro atoms. The van der Waals surface area contributed by atoms with Crippen LogP contribution in [-0.4, -0.2) is 39.4 Å². The number of nitrogens with zero attached hydrogens (tertiary/aromatic N) is 3. The molecule has 0 aliphatic rings. The van der Waals surface area contributed by atoms with Gasteiger partial charge < -0.3 is 14.6 Å². The van der Waals surface area contributed by atoms with E-state index in [2.05, 4.69) is 21.9 Å². The first-order valence-electron chi connectivity index (χ1n) is 10.5. The van der Waals surface area contributed by atoms with Gasteiger partial charge in [-0.15, -0.1) is 0 Å². The molecular formula is C23H34N4O3. The monoisotopic (exact) mass is 414 g/mol. The van der Waals surface area contributed by atoms with Gasteiger partial charge in [-0.2, -0.15) is 5.10 Å². The molecule has 164 valence electrons. The molecule has 0 aromatic carbocycles. The number of carbonyl (C=O) groups excluding carboxylic acids is 2. The van der Waals surface area contributed by atoms with Crippen LogP contribution >= 0.6 is 0 Å². The van der Waals surface area contributed by atoms with Crippen LogP contribution < -0.4 is 5.32 Å². The molecule has 0 fully saturated rings. The molecule has 0 bridgehead atoms. The molecule has 1 amide bonds. The van der Waals surface area contributed by atoms with E-state index < -0.39 is 0 Å². The van der Waals surface area contributed by atoms with Gasteiger partial charge in [-0.1, -0.05) is 6.92 Å². The van der Waals surface area contributed by atoms with Crippen LogP contribution in [0, 0.1) is 33.6 Å². The van der Waals surface area contributed by atoms with Crippen LogP contribution in [0.15, 0.2) is 12.1 Å². The van der Waals surface area contributed by atoms with Crippen molar-refractivity contribution < 1.29 is 14.3 Å². The van der Waals surface area contributed by atoms with E-state index in [9.17, 15) is 9.59 Å². The number of rotatable bonds is 9. The number of esters is 1. The maximum absolute atomic E-state index is 12.5. The number of aryl methyl sites for hydroxylation is 2. The first-order valence-corrected chi connectivity index (χ1v) is 10.5. The predicted molar refractivity (Wildman–Crippen MR) is 118 cm³/mol. The van der Waals surface area contributed by atoms with Crippen LogP contribution in [0.2, 0.25) is 0 Å². The Bertz CT molecular complexity index is 937. The van der Waals surface area contributed by atoms with Crippen molar-refractivity contribution in [2.75, 3.05) is 13.2 Å². The van der Waals surface area contributed by atoms with Gasteiger partial charge in [0.25, 0.3) is 0 Å². The number of aromatic nitrogens is 3. The van der Waals surface area contributed by atoms with E-state index in [1.54, 1.807) is 13.0 Å². The summed E-state index contributed by atoms with van der Waals surface area (Å²) in [5.74, 6) is -0.309. The van der Waals surface area contributed by atoms with Crippen molar-refractivity contribution in [2.45, 2.75) is 61.6 Å². The summed E-state index contributed by atoms with van der Waals surface area (Å²) in [5, 5.41) is 7.40. The maximum Gasteiger partial charge on any atom is 0.340 e. The van der Waals surface area contributed by atoms with E-state index in [1.807, 2.05) is 45.4 Å². The molecule has 30 heavy (non-hydrogen) atoms. The molecule has 1 N–H and O–H groups in total. The highest BCUT2D eigenvalue weighted by Gasteiger charge is 2.22. The van der Waals surface area contributed by atoms with Crippen molar-refractivity contribution in [3.05, 3.63) is 46.0 Å². The Hall–Kier alpha value is -2.83. The summed E-state index contributed by atoms with van der Waals surface area (Å²) in [6, 6.07) is 2.04. The molecule has 0 radical (unpaired) electrons. The van der Waals surface area contributed by atoms with Gasteiger partial charge in [0.15, 0.2) is 0 Å². The average Bonchev–Trinajstić information content (AvgIpc) is 3.12. The minimum absolute atomic E-state index is 0.189. The second kappa shape index (κ2) is 10.3. The Morgan fingerprint density at radius 2 is 1.90 bits per heavy atom. The zero-order valence-corrected chi connectivity index (χ0v) is 19.2. The third-order valence-electron chi connectivity index (χ3n) is 5.24. The molecule has 0 aliphatic carbocycles. The number of amides is 1. The summed E-state index contributed by atoms with van der Waals surface area (Å²) >= 11 is 0. The molecule has 2 aromatic heterocycles.